The summed E-state index contributed by atoms with van der Waals surface area (Å²) in [7, 11) is 3.54. The second-order valence-corrected chi connectivity index (χ2v) is 9.54. The second kappa shape index (κ2) is 9.02. The van der Waals surface area contributed by atoms with Gasteiger partial charge in [0.25, 0.3) is 5.92 Å². The van der Waals surface area contributed by atoms with Crippen LogP contribution in [0.3, 0.4) is 0 Å². The summed E-state index contributed by atoms with van der Waals surface area (Å²) in [6.45, 7) is 1.33. The van der Waals surface area contributed by atoms with Gasteiger partial charge in [0.1, 0.15) is 12.0 Å². The number of nitrogens with one attached hydrogen (secondary N) is 1. The van der Waals surface area contributed by atoms with Crippen molar-refractivity contribution in [3.8, 4) is 0 Å². The van der Waals surface area contributed by atoms with Crippen LogP contribution in [0.15, 0.2) is 47.4 Å². The van der Waals surface area contributed by atoms with Gasteiger partial charge in [-0.2, -0.15) is 18.3 Å². The van der Waals surface area contributed by atoms with Crippen molar-refractivity contribution in [3.63, 3.8) is 0 Å². The molecule has 0 aliphatic carbocycles. The van der Waals surface area contributed by atoms with Gasteiger partial charge in [-0.05, 0) is 37.2 Å². The van der Waals surface area contributed by atoms with Crippen LogP contribution in [0.2, 0.25) is 0 Å². The van der Waals surface area contributed by atoms with Gasteiger partial charge in [-0.25, -0.2) is 18.8 Å². The summed E-state index contributed by atoms with van der Waals surface area (Å²) in [6.07, 6.45) is 0.538. The molecule has 0 bridgehead atoms. The molecular formula is C23H27F5N8. The molecule has 2 aromatic rings. The molecule has 3 aliphatic rings. The third-order valence-electron chi connectivity index (χ3n) is 6.65. The highest BCUT2D eigenvalue weighted by atomic mass is 19.4. The average Bonchev–Trinajstić information content (AvgIpc) is 3.42. The number of hydrogen-bond donors (Lipinski definition) is 1. The summed E-state index contributed by atoms with van der Waals surface area (Å²) in [5.74, 6) is -2.33. The predicted octanol–water partition coefficient (Wildman–Crippen LogP) is 3.23. The van der Waals surface area contributed by atoms with Gasteiger partial charge in [-0.3, -0.25) is 9.58 Å². The van der Waals surface area contributed by atoms with E-state index in [1.165, 1.54) is 4.90 Å². The van der Waals surface area contributed by atoms with Crippen molar-refractivity contribution in [1.82, 2.24) is 29.5 Å². The number of hydrogen-bond acceptors (Lipinski definition) is 7. The third kappa shape index (κ3) is 5.15. The topological polar surface area (TPSA) is 64.8 Å². The summed E-state index contributed by atoms with van der Waals surface area (Å²) in [5.41, 5.74) is 0.865. The normalized spacial score (nSPS) is 24.4. The second-order valence-electron chi connectivity index (χ2n) is 9.54. The van der Waals surface area contributed by atoms with E-state index < -0.39 is 36.9 Å². The van der Waals surface area contributed by atoms with Gasteiger partial charge in [0.15, 0.2) is 0 Å². The summed E-state index contributed by atoms with van der Waals surface area (Å²) < 4.78 is 68.6. The maximum Gasteiger partial charge on any atom is 0.416 e. The lowest BCUT2D eigenvalue weighted by atomic mass is 10.0. The minimum absolute atomic E-state index is 0.0377. The zero-order valence-corrected chi connectivity index (χ0v) is 19.9. The molecule has 0 aromatic carbocycles. The molecule has 2 aromatic heterocycles. The van der Waals surface area contributed by atoms with Crippen molar-refractivity contribution in [2.75, 3.05) is 38.5 Å². The number of nitrogens with zero attached hydrogens (tertiary/aromatic N) is 7. The lowest BCUT2D eigenvalue weighted by Crippen LogP contribution is -2.63. The van der Waals surface area contributed by atoms with Gasteiger partial charge in [0.2, 0.25) is 5.96 Å². The molecule has 0 amide bonds. The number of likely N-dealkylation sites (tertiary alicyclic amines) is 2. The van der Waals surface area contributed by atoms with Crippen molar-refractivity contribution in [3.05, 3.63) is 53.6 Å². The summed E-state index contributed by atoms with van der Waals surface area (Å²) in [6, 6.07) is 3.81. The number of alkyl halides is 5. The fourth-order valence-electron chi connectivity index (χ4n) is 4.77. The molecule has 1 N–H and O–H groups in total. The lowest BCUT2D eigenvalue weighted by Gasteiger charge is -2.46. The van der Waals surface area contributed by atoms with E-state index in [9.17, 15) is 22.0 Å². The molecule has 2 atom stereocenters. The first-order valence-electron chi connectivity index (χ1n) is 11.6. The van der Waals surface area contributed by atoms with Gasteiger partial charge in [-0.1, -0.05) is 0 Å². The van der Waals surface area contributed by atoms with Crippen molar-refractivity contribution < 1.29 is 22.0 Å². The van der Waals surface area contributed by atoms with E-state index in [-0.39, 0.29) is 11.7 Å². The van der Waals surface area contributed by atoms with Crippen LogP contribution >= 0.6 is 0 Å². The van der Waals surface area contributed by atoms with Gasteiger partial charge in [-0.15, -0.1) is 0 Å². The zero-order valence-electron chi connectivity index (χ0n) is 19.9. The Morgan fingerprint density at radius 1 is 1.17 bits per heavy atom. The molecule has 0 saturated carbocycles. The molecule has 36 heavy (non-hydrogen) atoms. The van der Waals surface area contributed by atoms with Gasteiger partial charge in [0.05, 0.1) is 24.3 Å². The van der Waals surface area contributed by atoms with Crippen LogP contribution in [0.4, 0.5) is 27.8 Å². The first kappa shape index (κ1) is 24.5. The van der Waals surface area contributed by atoms with Crippen LogP contribution in [0.5, 0.6) is 0 Å². The van der Waals surface area contributed by atoms with E-state index in [2.05, 4.69) is 20.3 Å². The summed E-state index contributed by atoms with van der Waals surface area (Å²) >= 11 is 0. The number of likely N-dealkylation sites (N-methyl/N-ethyl adjacent to an activating group) is 1. The lowest BCUT2D eigenvalue weighted by molar-refractivity contribution is -0.137. The molecule has 13 heteroatoms. The Labute approximate surface area is 205 Å². The van der Waals surface area contributed by atoms with Crippen molar-refractivity contribution >= 4 is 11.8 Å². The molecule has 2 unspecified atom stereocenters. The SMILES string of the molecule is CN1C(N2CC(F)(F)C2)=NC(C2CCN(Cc3ccn(C)n3)C2)=CC1Nc1cc(C(F)(F)F)ccn1. The molecule has 5 rings (SSSR count). The highest BCUT2D eigenvalue weighted by Gasteiger charge is 2.47. The number of aromatic nitrogens is 3. The predicted molar refractivity (Wildman–Crippen MR) is 123 cm³/mol. The summed E-state index contributed by atoms with van der Waals surface area (Å²) in [5, 5.41) is 7.45. The molecule has 2 saturated heterocycles. The van der Waals surface area contributed by atoms with Gasteiger partial charge in [0, 0.05) is 51.2 Å². The number of pyridine rings is 1. The Hall–Kier alpha value is -3.22. The quantitative estimate of drug-likeness (QED) is 0.624. The van der Waals surface area contributed by atoms with Crippen LogP contribution < -0.4 is 5.32 Å². The van der Waals surface area contributed by atoms with E-state index >= 15 is 0 Å². The van der Waals surface area contributed by atoms with Crippen LogP contribution in [0.1, 0.15) is 17.7 Å². The number of halogens is 5. The molecular weight excluding hydrogens is 483 g/mol. The molecule has 0 spiro atoms. The van der Waals surface area contributed by atoms with Crippen LogP contribution in [-0.4, -0.2) is 80.7 Å². The first-order valence-corrected chi connectivity index (χ1v) is 11.6. The van der Waals surface area contributed by atoms with E-state index in [1.807, 2.05) is 25.4 Å². The smallest absolute Gasteiger partial charge is 0.347 e. The molecule has 2 fully saturated rings. The van der Waals surface area contributed by atoms with Crippen molar-refractivity contribution in [1.29, 1.82) is 0 Å². The Kier molecular flexibility index (Phi) is 6.13. The Morgan fingerprint density at radius 3 is 2.61 bits per heavy atom. The van der Waals surface area contributed by atoms with E-state index in [0.29, 0.717) is 19.0 Å². The average molecular weight is 511 g/mol. The van der Waals surface area contributed by atoms with Crippen molar-refractivity contribution in [2.24, 2.45) is 18.0 Å². The number of anilines is 1. The molecule has 5 heterocycles. The van der Waals surface area contributed by atoms with Gasteiger partial charge < -0.3 is 15.1 Å². The maximum absolute atomic E-state index is 13.7. The molecule has 194 valence electrons. The van der Waals surface area contributed by atoms with Crippen LogP contribution in [0.25, 0.3) is 0 Å². The largest absolute Gasteiger partial charge is 0.416 e. The first-order chi connectivity index (χ1) is 17.0. The highest BCUT2D eigenvalue weighted by molar-refractivity contribution is 5.84. The Balaban J connectivity index is 1.37. The maximum atomic E-state index is 13.7. The molecule has 0 radical (unpaired) electrons. The Bertz CT molecular complexity index is 1170. The van der Waals surface area contributed by atoms with Crippen LogP contribution in [0, 0.1) is 5.92 Å². The third-order valence-corrected chi connectivity index (χ3v) is 6.65. The molecule has 8 nitrogen and oxygen atoms in total. The fourth-order valence-corrected chi connectivity index (χ4v) is 4.77. The fraction of sp³-hybridized carbons (Fsp3) is 0.522. The number of rotatable bonds is 5. The van der Waals surface area contributed by atoms with Gasteiger partial charge >= 0.3 is 6.18 Å². The number of aryl methyl sites for hydroxylation is 1. The van der Waals surface area contributed by atoms with E-state index in [1.54, 1.807) is 16.6 Å². The van der Waals surface area contributed by atoms with Crippen LogP contribution in [-0.2, 0) is 19.8 Å². The minimum Gasteiger partial charge on any atom is -0.347 e. The Morgan fingerprint density at radius 2 is 1.94 bits per heavy atom. The number of guanidine groups is 1. The monoisotopic (exact) mass is 510 g/mol. The zero-order chi connectivity index (χ0) is 25.7. The summed E-state index contributed by atoms with van der Waals surface area (Å²) in [4.78, 5) is 14.2. The molecule has 3 aliphatic heterocycles. The standard InChI is InChI=1S/C23H27F5N8/c1-33-7-5-17(32-33)12-35-8-4-15(11-35)18-10-20(31-19-9-16(3-6-29-19)23(26,27)28)34(2)21(30-18)36-13-22(24,25)14-36/h3,5-7,9-10,15,20H,4,8,11-14H2,1-2H3,(H,29,31). The number of aliphatic imine (C=N–C) groups is 1. The minimum atomic E-state index is -4.50. The van der Waals surface area contributed by atoms with E-state index in [4.69, 9.17) is 4.99 Å². The van der Waals surface area contributed by atoms with E-state index in [0.717, 1.165) is 42.7 Å². The van der Waals surface area contributed by atoms with Crippen molar-refractivity contribution in [2.45, 2.75) is 31.2 Å². The highest BCUT2D eigenvalue weighted by Crippen LogP contribution is 2.34.